The van der Waals surface area contributed by atoms with Gasteiger partial charge in [-0.2, -0.15) is 0 Å². The van der Waals surface area contributed by atoms with E-state index >= 15 is 0 Å². The van der Waals surface area contributed by atoms with Crippen LogP contribution in [-0.2, 0) is 41.7 Å². The summed E-state index contributed by atoms with van der Waals surface area (Å²) < 4.78 is 30.7. The molecule has 6 heteroatoms. The van der Waals surface area contributed by atoms with E-state index in [1.807, 2.05) is 36.4 Å². The zero-order chi connectivity index (χ0) is 24.5. The summed E-state index contributed by atoms with van der Waals surface area (Å²) in [6, 6.07) is 20.3. The van der Waals surface area contributed by atoms with Gasteiger partial charge >= 0.3 is 0 Å². The van der Waals surface area contributed by atoms with Crippen LogP contribution in [0.1, 0.15) is 50.2 Å². The van der Waals surface area contributed by atoms with Crippen molar-refractivity contribution in [2.75, 3.05) is 13.7 Å². The number of benzene rings is 2. The Bertz CT molecular complexity index is 891. The quantitative estimate of drug-likeness (QED) is 0.416. The van der Waals surface area contributed by atoms with Gasteiger partial charge in [-0.15, -0.1) is 0 Å². The monoisotopic (exact) mass is 482 g/mol. The van der Waals surface area contributed by atoms with Gasteiger partial charge in [0.25, 0.3) is 0 Å². The summed E-state index contributed by atoms with van der Waals surface area (Å²) in [5, 5.41) is 0. The van der Waals surface area contributed by atoms with Crippen LogP contribution in [0.2, 0.25) is 0 Å². The third-order valence-electron chi connectivity index (χ3n) is 7.18. The molecule has 0 radical (unpaired) electrons. The van der Waals surface area contributed by atoms with Crippen LogP contribution in [0.15, 0.2) is 60.7 Å². The smallest absolute Gasteiger partial charge is 0.169 e. The summed E-state index contributed by atoms with van der Waals surface area (Å²) in [4.78, 5) is 11.6. The van der Waals surface area contributed by atoms with Gasteiger partial charge < -0.3 is 28.5 Å². The second-order valence-corrected chi connectivity index (χ2v) is 9.77. The molecular weight excluding hydrogens is 444 g/mol. The molecule has 2 aromatic carbocycles. The topological polar surface area (TPSA) is 63.2 Å². The SMILES string of the molecule is CO[C@H]1CC[C@]2(CC[C@H](C)[C@@H](C[C@H](COCc3ccccc3)OCc3ccccc3)O2)O[C@@H]1C=O. The predicted molar refractivity (Wildman–Crippen MR) is 133 cm³/mol. The lowest BCUT2D eigenvalue weighted by molar-refractivity contribution is -0.333. The number of carbonyl (C=O) groups is 1. The van der Waals surface area contributed by atoms with Crippen LogP contribution in [0.5, 0.6) is 0 Å². The largest absolute Gasteiger partial charge is 0.378 e. The third-order valence-corrected chi connectivity index (χ3v) is 7.18. The lowest BCUT2D eigenvalue weighted by Crippen LogP contribution is -2.55. The summed E-state index contributed by atoms with van der Waals surface area (Å²) in [6.45, 7) is 3.75. The Kier molecular flexibility index (Phi) is 9.46. The molecule has 0 bridgehead atoms. The van der Waals surface area contributed by atoms with Crippen molar-refractivity contribution in [1.82, 2.24) is 0 Å². The summed E-state index contributed by atoms with van der Waals surface area (Å²) in [7, 11) is 1.62. The Morgan fingerprint density at radius 1 is 0.971 bits per heavy atom. The molecule has 2 aromatic rings. The van der Waals surface area contributed by atoms with Crippen molar-refractivity contribution in [2.45, 2.75) is 82.4 Å². The summed E-state index contributed by atoms with van der Waals surface area (Å²) in [5.41, 5.74) is 2.27. The van der Waals surface area contributed by atoms with Gasteiger partial charge in [-0.25, -0.2) is 0 Å². The van der Waals surface area contributed by atoms with E-state index in [2.05, 4.69) is 31.2 Å². The molecule has 0 saturated carbocycles. The Hall–Kier alpha value is -2.09. The second-order valence-electron chi connectivity index (χ2n) is 9.77. The van der Waals surface area contributed by atoms with E-state index in [0.29, 0.717) is 32.2 Å². The molecule has 2 aliphatic heterocycles. The molecule has 2 saturated heterocycles. The fourth-order valence-corrected chi connectivity index (χ4v) is 5.03. The van der Waals surface area contributed by atoms with Crippen molar-refractivity contribution < 1.29 is 28.5 Å². The number of methoxy groups -OCH3 is 1. The summed E-state index contributed by atoms with van der Waals surface area (Å²) >= 11 is 0. The Morgan fingerprint density at radius 3 is 2.29 bits per heavy atom. The Labute approximate surface area is 208 Å². The molecule has 6 nitrogen and oxygen atoms in total. The van der Waals surface area contributed by atoms with Crippen LogP contribution in [0, 0.1) is 5.92 Å². The summed E-state index contributed by atoms with van der Waals surface area (Å²) in [5.74, 6) is -0.372. The third kappa shape index (κ3) is 7.21. The minimum absolute atomic E-state index is 0.0451. The van der Waals surface area contributed by atoms with Crippen molar-refractivity contribution >= 4 is 6.29 Å². The maximum Gasteiger partial charge on any atom is 0.169 e. The first-order valence-corrected chi connectivity index (χ1v) is 12.7. The van der Waals surface area contributed by atoms with Gasteiger partial charge in [0.15, 0.2) is 12.1 Å². The zero-order valence-corrected chi connectivity index (χ0v) is 20.8. The van der Waals surface area contributed by atoms with Crippen molar-refractivity contribution in [1.29, 1.82) is 0 Å². The van der Waals surface area contributed by atoms with Gasteiger partial charge in [0.2, 0.25) is 0 Å². The summed E-state index contributed by atoms with van der Waals surface area (Å²) in [6.07, 6.45) is 3.79. The van der Waals surface area contributed by atoms with Crippen LogP contribution in [-0.4, -0.2) is 50.2 Å². The van der Waals surface area contributed by atoms with Crippen LogP contribution in [0.4, 0.5) is 0 Å². The Balaban J connectivity index is 1.40. The molecule has 2 aliphatic rings. The normalized spacial score (nSPS) is 29.7. The van der Waals surface area contributed by atoms with E-state index < -0.39 is 11.9 Å². The average molecular weight is 483 g/mol. The van der Waals surface area contributed by atoms with Gasteiger partial charge in [-0.3, -0.25) is 0 Å². The number of carbonyl (C=O) groups excluding carboxylic acids is 1. The van der Waals surface area contributed by atoms with Gasteiger partial charge in [0, 0.05) is 26.4 Å². The number of ether oxygens (including phenoxy) is 5. The molecular formula is C29H38O6. The number of hydrogen-bond donors (Lipinski definition) is 0. The predicted octanol–water partition coefficient (Wildman–Crippen LogP) is 5.08. The van der Waals surface area contributed by atoms with E-state index in [4.69, 9.17) is 23.7 Å². The van der Waals surface area contributed by atoms with Crippen molar-refractivity contribution in [3.63, 3.8) is 0 Å². The van der Waals surface area contributed by atoms with E-state index in [0.717, 1.165) is 43.1 Å². The lowest BCUT2D eigenvalue weighted by atomic mass is 9.85. The maximum atomic E-state index is 11.6. The molecule has 2 heterocycles. The average Bonchev–Trinajstić information content (AvgIpc) is 2.90. The zero-order valence-electron chi connectivity index (χ0n) is 20.8. The second kappa shape index (κ2) is 12.7. The fraction of sp³-hybridized carbons (Fsp3) is 0.552. The van der Waals surface area contributed by atoms with Crippen LogP contribution in [0.25, 0.3) is 0 Å². The molecule has 4 rings (SSSR count). The number of hydrogen-bond acceptors (Lipinski definition) is 6. The van der Waals surface area contributed by atoms with E-state index in [9.17, 15) is 4.79 Å². The molecule has 1 spiro atoms. The van der Waals surface area contributed by atoms with Crippen molar-refractivity contribution in [3.8, 4) is 0 Å². The highest BCUT2D eigenvalue weighted by molar-refractivity contribution is 5.57. The van der Waals surface area contributed by atoms with E-state index in [1.165, 1.54) is 0 Å². The highest BCUT2D eigenvalue weighted by Crippen LogP contribution is 2.42. The van der Waals surface area contributed by atoms with Crippen molar-refractivity contribution in [2.24, 2.45) is 5.92 Å². The molecule has 0 aromatic heterocycles. The van der Waals surface area contributed by atoms with Crippen LogP contribution in [0.3, 0.4) is 0 Å². The minimum atomic E-state index is -0.730. The Morgan fingerprint density at radius 2 is 1.63 bits per heavy atom. The molecule has 190 valence electrons. The molecule has 0 amide bonds. The first-order chi connectivity index (χ1) is 17.1. The first kappa shape index (κ1) is 26.0. The maximum absolute atomic E-state index is 11.6. The lowest BCUT2D eigenvalue weighted by Gasteiger charge is -2.49. The molecule has 0 unspecified atom stereocenters. The highest BCUT2D eigenvalue weighted by Gasteiger charge is 2.48. The number of aldehydes is 1. The van der Waals surface area contributed by atoms with Gasteiger partial charge in [-0.05, 0) is 29.9 Å². The first-order valence-electron chi connectivity index (χ1n) is 12.7. The van der Waals surface area contributed by atoms with E-state index in [-0.39, 0.29) is 18.3 Å². The van der Waals surface area contributed by atoms with Crippen LogP contribution >= 0.6 is 0 Å². The van der Waals surface area contributed by atoms with Gasteiger partial charge in [0.05, 0.1) is 38.1 Å². The van der Waals surface area contributed by atoms with Gasteiger partial charge in [-0.1, -0.05) is 67.6 Å². The minimum Gasteiger partial charge on any atom is -0.378 e. The molecule has 6 atom stereocenters. The molecule has 0 N–H and O–H groups in total. The van der Waals surface area contributed by atoms with E-state index in [1.54, 1.807) is 7.11 Å². The molecule has 2 fully saturated rings. The molecule has 0 aliphatic carbocycles. The fourth-order valence-electron chi connectivity index (χ4n) is 5.03. The number of rotatable bonds is 11. The van der Waals surface area contributed by atoms with Gasteiger partial charge in [0.1, 0.15) is 6.10 Å². The van der Waals surface area contributed by atoms with Crippen molar-refractivity contribution in [3.05, 3.63) is 71.8 Å². The standard InChI is InChI=1S/C29H38O6/c1-22-13-15-29(16-14-26(31-2)28(18-30)35-29)34-27(22)17-25(33-20-24-11-7-4-8-12-24)21-32-19-23-9-5-3-6-10-23/h3-12,18,22,25-28H,13-17,19-21H2,1-2H3/t22-,25+,26-,27+,28+,29-/m0/s1. The molecule has 35 heavy (non-hydrogen) atoms. The van der Waals surface area contributed by atoms with Crippen LogP contribution < -0.4 is 0 Å². The highest BCUT2D eigenvalue weighted by atomic mass is 16.7.